The lowest BCUT2D eigenvalue weighted by atomic mass is 10.2. The first-order valence-electron chi connectivity index (χ1n) is 6.56. The topological polar surface area (TPSA) is 35.5 Å². The van der Waals surface area contributed by atoms with E-state index >= 15 is 0 Å². The summed E-state index contributed by atoms with van der Waals surface area (Å²) in [5.74, 6) is 1.31. The van der Waals surface area contributed by atoms with Crippen molar-refractivity contribution in [1.82, 2.24) is 10.2 Å². The third-order valence-electron chi connectivity index (χ3n) is 2.47. The van der Waals surface area contributed by atoms with Gasteiger partial charge in [-0.15, -0.1) is 0 Å². The molecule has 0 aromatic heterocycles. The first-order valence-corrected chi connectivity index (χ1v) is 6.56. The molecule has 0 aromatic carbocycles. The highest BCUT2D eigenvalue weighted by atomic mass is 16.3. The summed E-state index contributed by atoms with van der Waals surface area (Å²) >= 11 is 0. The Bertz CT molecular complexity index is 160. The number of aliphatic hydroxyl groups excluding tert-OH is 1. The van der Waals surface area contributed by atoms with Crippen LogP contribution in [-0.4, -0.2) is 48.8 Å². The number of nitrogens with one attached hydrogen (secondary N) is 1. The smallest absolute Gasteiger partial charge is 0.0791 e. The van der Waals surface area contributed by atoms with Crippen molar-refractivity contribution in [3.05, 3.63) is 0 Å². The molecule has 0 aliphatic carbocycles. The van der Waals surface area contributed by atoms with Gasteiger partial charge < -0.3 is 15.3 Å². The van der Waals surface area contributed by atoms with Crippen LogP contribution in [0.4, 0.5) is 0 Å². The van der Waals surface area contributed by atoms with E-state index in [9.17, 15) is 5.11 Å². The van der Waals surface area contributed by atoms with Crippen molar-refractivity contribution in [2.45, 2.75) is 40.7 Å². The van der Waals surface area contributed by atoms with Crippen LogP contribution in [0.25, 0.3) is 0 Å². The molecule has 0 bridgehead atoms. The molecule has 0 aliphatic heterocycles. The van der Waals surface area contributed by atoms with Crippen LogP contribution in [0.3, 0.4) is 0 Å². The van der Waals surface area contributed by atoms with Crippen molar-refractivity contribution in [3.63, 3.8) is 0 Å². The molecule has 1 unspecified atom stereocenters. The number of nitrogens with zero attached hydrogens (tertiary/aromatic N) is 1. The van der Waals surface area contributed by atoms with Crippen molar-refractivity contribution >= 4 is 0 Å². The zero-order valence-corrected chi connectivity index (χ0v) is 11.7. The van der Waals surface area contributed by atoms with Crippen LogP contribution < -0.4 is 5.32 Å². The van der Waals surface area contributed by atoms with Crippen molar-refractivity contribution in [2.24, 2.45) is 11.8 Å². The molecule has 3 nitrogen and oxygen atoms in total. The zero-order valence-electron chi connectivity index (χ0n) is 11.7. The van der Waals surface area contributed by atoms with Gasteiger partial charge in [0.15, 0.2) is 0 Å². The predicted octanol–water partition coefficient (Wildman–Crippen LogP) is 1.57. The van der Waals surface area contributed by atoms with Gasteiger partial charge in [0.05, 0.1) is 6.10 Å². The quantitative estimate of drug-likeness (QED) is 0.631. The van der Waals surface area contributed by atoms with Gasteiger partial charge >= 0.3 is 0 Å². The summed E-state index contributed by atoms with van der Waals surface area (Å²) in [5.41, 5.74) is 0. The summed E-state index contributed by atoms with van der Waals surface area (Å²) < 4.78 is 0. The van der Waals surface area contributed by atoms with Crippen LogP contribution in [-0.2, 0) is 0 Å². The highest BCUT2D eigenvalue weighted by Crippen LogP contribution is 1.99. The fourth-order valence-corrected chi connectivity index (χ4v) is 1.75. The van der Waals surface area contributed by atoms with Crippen LogP contribution in [0.2, 0.25) is 0 Å². The molecule has 0 aliphatic rings. The van der Waals surface area contributed by atoms with E-state index in [2.05, 4.69) is 44.8 Å². The van der Waals surface area contributed by atoms with E-state index in [1.807, 2.05) is 0 Å². The lowest BCUT2D eigenvalue weighted by Crippen LogP contribution is -2.40. The Morgan fingerprint density at radius 3 is 2.06 bits per heavy atom. The molecule has 0 amide bonds. The number of hydrogen-bond donors (Lipinski definition) is 2. The second kappa shape index (κ2) is 8.97. The molecule has 0 fully saturated rings. The molecule has 0 heterocycles. The summed E-state index contributed by atoms with van der Waals surface area (Å²) in [6.45, 7) is 15.5. The SMILES string of the molecule is CCN(CC(C)C)CC(O)CNCC(C)C. The zero-order chi connectivity index (χ0) is 12.6. The second-order valence-electron chi connectivity index (χ2n) is 5.45. The van der Waals surface area contributed by atoms with Crippen LogP contribution >= 0.6 is 0 Å². The molecule has 0 aromatic rings. The van der Waals surface area contributed by atoms with Gasteiger partial charge in [-0.3, -0.25) is 0 Å². The van der Waals surface area contributed by atoms with Gasteiger partial charge in [0.1, 0.15) is 0 Å². The van der Waals surface area contributed by atoms with Crippen molar-refractivity contribution < 1.29 is 5.11 Å². The molecular formula is C13H30N2O. The van der Waals surface area contributed by atoms with E-state index in [1.54, 1.807) is 0 Å². The number of rotatable bonds is 9. The molecule has 3 heteroatoms. The summed E-state index contributed by atoms with van der Waals surface area (Å²) in [7, 11) is 0. The fourth-order valence-electron chi connectivity index (χ4n) is 1.75. The predicted molar refractivity (Wildman–Crippen MR) is 70.7 cm³/mol. The monoisotopic (exact) mass is 230 g/mol. The summed E-state index contributed by atoms with van der Waals surface area (Å²) in [6.07, 6.45) is -0.252. The molecule has 0 spiro atoms. The maximum absolute atomic E-state index is 9.87. The number of likely N-dealkylation sites (N-methyl/N-ethyl adjacent to an activating group) is 1. The Kier molecular flexibility index (Phi) is 8.90. The van der Waals surface area contributed by atoms with Gasteiger partial charge in [0.2, 0.25) is 0 Å². The van der Waals surface area contributed by atoms with Crippen LogP contribution in [0.1, 0.15) is 34.6 Å². The van der Waals surface area contributed by atoms with Crippen molar-refractivity contribution in [2.75, 3.05) is 32.7 Å². The van der Waals surface area contributed by atoms with Gasteiger partial charge in [-0.2, -0.15) is 0 Å². The molecular weight excluding hydrogens is 200 g/mol. The Morgan fingerprint density at radius 1 is 1.00 bits per heavy atom. The molecule has 0 saturated heterocycles. The van der Waals surface area contributed by atoms with Gasteiger partial charge in [-0.1, -0.05) is 34.6 Å². The average molecular weight is 230 g/mol. The Labute approximate surface area is 101 Å². The maximum Gasteiger partial charge on any atom is 0.0791 e. The van der Waals surface area contributed by atoms with E-state index in [1.165, 1.54) is 0 Å². The van der Waals surface area contributed by atoms with Gasteiger partial charge in [-0.25, -0.2) is 0 Å². The first kappa shape index (κ1) is 15.9. The minimum absolute atomic E-state index is 0.252. The molecule has 16 heavy (non-hydrogen) atoms. The molecule has 2 N–H and O–H groups in total. The highest BCUT2D eigenvalue weighted by Gasteiger charge is 2.11. The Hall–Kier alpha value is -0.120. The van der Waals surface area contributed by atoms with Crippen LogP contribution in [0.15, 0.2) is 0 Å². The Balaban J connectivity index is 3.69. The number of hydrogen-bond acceptors (Lipinski definition) is 3. The third-order valence-corrected chi connectivity index (χ3v) is 2.47. The molecule has 0 radical (unpaired) electrons. The van der Waals surface area contributed by atoms with Crippen molar-refractivity contribution in [1.29, 1.82) is 0 Å². The normalized spacial score (nSPS) is 14.1. The standard InChI is InChI=1S/C13H30N2O/c1-6-15(9-12(4)5)10-13(16)8-14-7-11(2)3/h11-14,16H,6-10H2,1-5H3. The maximum atomic E-state index is 9.87. The lowest BCUT2D eigenvalue weighted by molar-refractivity contribution is 0.107. The summed E-state index contributed by atoms with van der Waals surface area (Å²) in [4.78, 5) is 2.31. The van der Waals surface area contributed by atoms with E-state index in [-0.39, 0.29) is 6.10 Å². The fraction of sp³-hybridized carbons (Fsp3) is 1.00. The van der Waals surface area contributed by atoms with E-state index < -0.39 is 0 Å². The molecule has 1 atom stereocenters. The lowest BCUT2D eigenvalue weighted by Gasteiger charge is -2.25. The van der Waals surface area contributed by atoms with Crippen LogP contribution in [0.5, 0.6) is 0 Å². The summed E-state index contributed by atoms with van der Waals surface area (Å²) in [5, 5.41) is 13.2. The van der Waals surface area contributed by atoms with Crippen LogP contribution in [0, 0.1) is 11.8 Å². The highest BCUT2D eigenvalue weighted by molar-refractivity contribution is 4.67. The molecule has 0 rings (SSSR count). The van der Waals surface area contributed by atoms with Gasteiger partial charge in [-0.05, 0) is 24.9 Å². The second-order valence-corrected chi connectivity index (χ2v) is 5.45. The molecule has 98 valence electrons. The average Bonchev–Trinajstić information content (AvgIpc) is 2.15. The summed E-state index contributed by atoms with van der Waals surface area (Å²) in [6, 6.07) is 0. The van der Waals surface area contributed by atoms with E-state index in [0.717, 1.165) is 26.2 Å². The van der Waals surface area contributed by atoms with Crippen molar-refractivity contribution in [3.8, 4) is 0 Å². The first-order chi connectivity index (χ1) is 7.45. The van der Waals surface area contributed by atoms with Gasteiger partial charge in [0, 0.05) is 19.6 Å². The largest absolute Gasteiger partial charge is 0.390 e. The van der Waals surface area contributed by atoms with E-state index in [0.29, 0.717) is 18.4 Å². The third kappa shape index (κ3) is 9.13. The number of aliphatic hydroxyl groups is 1. The van der Waals surface area contributed by atoms with Gasteiger partial charge in [0.25, 0.3) is 0 Å². The Morgan fingerprint density at radius 2 is 1.62 bits per heavy atom. The minimum Gasteiger partial charge on any atom is -0.390 e. The molecule has 0 saturated carbocycles. The minimum atomic E-state index is -0.252. The van der Waals surface area contributed by atoms with E-state index in [4.69, 9.17) is 0 Å².